The van der Waals surface area contributed by atoms with Gasteiger partial charge in [0.1, 0.15) is 0 Å². The maximum atomic E-state index is 4.65. The number of rotatable bonds is 5. The molecule has 0 aliphatic rings. The Morgan fingerprint density at radius 1 is 1.30 bits per heavy atom. The largest absolute Gasteiger partial charge is 0.357 e. The first kappa shape index (κ1) is 19.6. The van der Waals surface area contributed by atoms with Crippen LogP contribution in [-0.2, 0) is 12.0 Å². The zero-order valence-electron chi connectivity index (χ0n) is 13.1. The molecule has 0 radical (unpaired) electrons. The van der Waals surface area contributed by atoms with E-state index in [2.05, 4.69) is 60.6 Å². The fourth-order valence-electron chi connectivity index (χ4n) is 1.47. The van der Waals surface area contributed by atoms with Crippen LogP contribution in [0.15, 0.2) is 10.4 Å². The minimum Gasteiger partial charge on any atom is -0.357 e. The highest BCUT2D eigenvalue weighted by molar-refractivity contribution is 14.0. The number of halogens is 1. The van der Waals surface area contributed by atoms with E-state index in [0.29, 0.717) is 6.54 Å². The van der Waals surface area contributed by atoms with Crippen LogP contribution in [-0.4, -0.2) is 24.0 Å². The number of thiazole rings is 1. The molecule has 0 amide bonds. The summed E-state index contributed by atoms with van der Waals surface area (Å²) in [6.45, 7) is 13.2. The standard InChI is InChI=1S/C14H26N4S.HI/c1-6-8-16-13(15-7-2)17-9-11-10-19-12(18-11)14(3,4)5;/h10H,6-9H2,1-5H3,(H2,15,16,17);1H. The van der Waals surface area contributed by atoms with E-state index >= 15 is 0 Å². The van der Waals surface area contributed by atoms with Crippen molar-refractivity contribution < 1.29 is 0 Å². The van der Waals surface area contributed by atoms with Crippen molar-refractivity contribution in [3.05, 3.63) is 16.1 Å². The van der Waals surface area contributed by atoms with Gasteiger partial charge in [-0.05, 0) is 13.3 Å². The fraction of sp³-hybridized carbons (Fsp3) is 0.714. The molecule has 20 heavy (non-hydrogen) atoms. The lowest BCUT2D eigenvalue weighted by molar-refractivity contribution is 0.583. The second kappa shape index (κ2) is 9.55. The Hall–Kier alpha value is -0.370. The summed E-state index contributed by atoms with van der Waals surface area (Å²) >= 11 is 1.72. The average molecular weight is 410 g/mol. The van der Waals surface area contributed by atoms with Gasteiger partial charge in [0, 0.05) is 23.9 Å². The molecule has 0 bridgehead atoms. The summed E-state index contributed by atoms with van der Waals surface area (Å²) in [6.07, 6.45) is 1.09. The minimum atomic E-state index is 0. The highest BCUT2D eigenvalue weighted by atomic mass is 127. The Kier molecular flexibility index (Phi) is 9.37. The van der Waals surface area contributed by atoms with Crippen LogP contribution >= 0.6 is 35.3 Å². The number of nitrogens with zero attached hydrogens (tertiary/aromatic N) is 2. The van der Waals surface area contributed by atoms with E-state index in [1.807, 2.05) is 0 Å². The molecule has 6 heteroatoms. The molecule has 0 aromatic carbocycles. The van der Waals surface area contributed by atoms with Gasteiger partial charge in [-0.2, -0.15) is 0 Å². The highest BCUT2D eigenvalue weighted by Crippen LogP contribution is 2.25. The highest BCUT2D eigenvalue weighted by Gasteiger charge is 2.17. The quantitative estimate of drug-likeness (QED) is 0.444. The van der Waals surface area contributed by atoms with Gasteiger partial charge >= 0.3 is 0 Å². The van der Waals surface area contributed by atoms with Gasteiger partial charge in [-0.15, -0.1) is 35.3 Å². The SMILES string of the molecule is CCCNC(=NCc1csc(C(C)(C)C)n1)NCC.I. The van der Waals surface area contributed by atoms with Gasteiger partial charge in [0.25, 0.3) is 0 Å². The Morgan fingerprint density at radius 2 is 2.00 bits per heavy atom. The van der Waals surface area contributed by atoms with E-state index in [4.69, 9.17) is 0 Å². The van der Waals surface area contributed by atoms with Crippen molar-refractivity contribution in [2.24, 2.45) is 4.99 Å². The molecule has 1 aromatic heterocycles. The van der Waals surface area contributed by atoms with E-state index in [9.17, 15) is 0 Å². The molecule has 0 spiro atoms. The van der Waals surface area contributed by atoms with Gasteiger partial charge in [-0.25, -0.2) is 9.98 Å². The van der Waals surface area contributed by atoms with Crippen molar-refractivity contribution in [1.82, 2.24) is 15.6 Å². The predicted octanol–water partition coefficient (Wildman–Crippen LogP) is 3.52. The second-order valence-corrected chi connectivity index (χ2v) is 6.37. The van der Waals surface area contributed by atoms with Crippen molar-refractivity contribution >= 4 is 41.3 Å². The molecule has 2 N–H and O–H groups in total. The third-order valence-corrected chi connectivity index (χ3v) is 3.80. The summed E-state index contributed by atoms with van der Waals surface area (Å²) in [7, 11) is 0. The van der Waals surface area contributed by atoms with Crippen molar-refractivity contribution in [1.29, 1.82) is 0 Å². The van der Waals surface area contributed by atoms with Crippen molar-refractivity contribution in [3.8, 4) is 0 Å². The lowest BCUT2D eigenvalue weighted by Gasteiger charge is -2.13. The molecule has 0 unspecified atom stereocenters. The van der Waals surface area contributed by atoms with Crippen molar-refractivity contribution in [3.63, 3.8) is 0 Å². The van der Waals surface area contributed by atoms with Crippen LogP contribution in [0.25, 0.3) is 0 Å². The van der Waals surface area contributed by atoms with Gasteiger partial charge in [-0.3, -0.25) is 0 Å². The normalized spacial score (nSPS) is 11.9. The first-order chi connectivity index (χ1) is 8.97. The fourth-order valence-corrected chi connectivity index (χ4v) is 2.37. The third-order valence-electron chi connectivity index (χ3n) is 2.48. The number of guanidine groups is 1. The topological polar surface area (TPSA) is 49.3 Å². The summed E-state index contributed by atoms with van der Waals surface area (Å²) in [6, 6.07) is 0. The monoisotopic (exact) mass is 410 g/mol. The zero-order valence-corrected chi connectivity index (χ0v) is 16.3. The van der Waals surface area contributed by atoms with Crippen molar-refractivity contribution in [2.75, 3.05) is 13.1 Å². The number of aliphatic imine (C=N–C) groups is 1. The van der Waals surface area contributed by atoms with Crippen LogP contribution in [0.2, 0.25) is 0 Å². The maximum Gasteiger partial charge on any atom is 0.191 e. The molecule has 0 fully saturated rings. The Labute approximate surface area is 143 Å². The lowest BCUT2D eigenvalue weighted by atomic mass is 9.98. The summed E-state index contributed by atoms with van der Waals surface area (Å²) < 4.78 is 0. The summed E-state index contributed by atoms with van der Waals surface area (Å²) in [5, 5.41) is 9.81. The van der Waals surface area contributed by atoms with Crippen LogP contribution in [0, 0.1) is 0 Å². The van der Waals surface area contributed by atoms with E-state index in [0.717, 1.165) is 31.2 Å². The van der Waals surface area contributed by atoms with E-state index in [-0.39, 0.29) is 29.4 Å². The number of aromatic nitrogens is 1. The van der Waals surface area contributed by atoms with Crippen LogP contribution in [0.5, 0.6) is 0 Å². The van der Waals surface area contributed by atoms with Gasteiger partial charge in [0.05, 0.1) is 17.2 Å². The predicted molar refractivity (Wildman–Crippen MR) is 99.3 cm³/mol. The first-order valence-electron chi connectivity index (χ1n) is 6.94. The smallest absolute Gasteiger partial charge is 0.191 e. The molecule has 0 saturated carbocycles. The molecule has 0 aliphatic heterocycles. The molecular weight excluding hydrogens is 383 g/mol. The van der Waals surface area contributed by atoms with Gasteiger partial charge in [0.15, 0.2) is 5.96 Å². The molecule has 0 saturated heterocycles. The summed E-state index contributed by atoms with van der Waals surface area (Å²) in [5.74, 6) is 0.870. The second-order valence-electron chi connectivity index (χ2n) is 5.52. The van der Waals surface area contributed by atoms with E-state index in [1.165, 1.54) is 5.01 Å². The van der Waals surface area contributed by atoms with E-state index < -0.39 is 0 Å². The molecule has 1 rings (SSSR count). The zero-order chi connectivity index (χ0) is 14.3. The molecule has 0 aliphatic carbocycles. The van der Waals surface area contributed by atoms with Gasteiger partial charge in [0.2, 0.25) is 0 Å². The van der Waals surface area contributed by atoms with Gasteiger partial charge in [-0.1, -0.05) is 27.7 Å². The molecule has 116 valence electrons. The Bertz CT molecular complexity index is 410. The maximum absolute atomic E-state index is 4.65. The average Bonchev–Trinajstić information content (AvgIpc) is 2.81. The molecule has 0 atom stereocenters. The summed E-state index contributed by atoms with van der Waals surface area (Å²) in [4.78, 5) is 9.20. The third kappa shape index (κ3) is 6.88. The van der Waals surface area contributed by atoms with Crippen LogP contribution in [0.1, 0.15) is 51.7 Å². The minimum absolute atomic E-state index is 0. The Balaban J connectivity index is 0.00000361. The lowest BCUT2D eigenvalue weighted by Crippen LogP contribution is -2.37. The molecular formula is C14H27IN4S. The van der Waals surface area contributed by atoms with Crippen molar-refractivity contribution in [2.45, 2.75) is 53.0 Å². The summed E-state index contributed by atoms with van der Waals surface area (Å²) in [5.41, 5.74) is 1.17. The van der Waals surface area contributed by atoms with Crippen LogP contribution in [0.3, 0.4) is 0 Å². The first-order valence-corrected chi connectivity index (χ1v) is 7.82. The number of hydrogen-bond donors (Lipinski definition) is 2. The molecule has 1 aromatic rings. The van der Waals surface area contributed by atoms with Crippen LogP contribution < -0.4 is 10.6 Å². The van der Waals surface area contributed by atoms with Crippen LogP contribution in [0.4, 0.5) is 0 Å². The molecule has 1 heterocycles. The Morgan fingerprint density at radius 3 is 2.50 bits per heavy atom. The molecule has 4 nitrogen and oxygen atoms in total. The number of hydrogen-bond acceptors (Lipinski definition) is 3. The number of nitrogens with one attached hydrogen (secondary N) is 2. The van der Waals surface area contributed by atoms with Gasteiger partial charge < -0.3 is 10.6 Å². The van der Waals surface area contributed by atoms with E-state index in [1.54, 1.807) is 11.3 Å².